The Bertz CT molecular complexity index is 1000. The number of rotatable bonds is 5. The maximum absolute atomic E-state index is 12.9. The molecule has 0 bridgehead atoms. The zero-order chi connectivity index (χ0) is 20.7. The number of nitrogens with one attached hydrogen (secondary N) is 2. The third kappa shape index (κ3) is 4.50. The molecule has 0 aliphatic heterocycles. The van der Waals surface area contributed by atoms with Gasteiger partial charge >= 0.3 is 0 Å². The van der Waals surface area contributed by atoms with Crippen LogP contribution in [-0.2, 0) is 25.6 Å². The van der Waals surface area contributed by atoms with Crippen LogP contribution in [0.25, 0.3) is 0 Å². The summed E-state index contributed by atoms with van der Waals surface area (Å²) in [5, 5.41) is 3.14. The largest absolute Gasteiger partial charge is 0.325 e. The SMILES string of the molecule is CC(C)(C)c1ccc(C2(C(=O)Nc3ccc(NS(C)(=O)=O)c(Cl)c3)CC2)cc1. The summed E-state index contributed by atoms with van der Waals surface area (Å²) in [7, 11) is -3.42. The molecular weight excluding hydrogens is 396 g/mol. The molecule has 1 saturated carbocycles. The van der Waals surface area contributed by atoms with Crippen molar-refractivity contribution in [3.05, 3.63) is 58.6 Å². The van der Waals surface area contributed by atoms with Crippen LogP contribution in [0.2, 0.25) is 5.02 Å². The highest BCUT2D eigenvalue weighted by atomic mass is 35.5. The molecule has 1 aliphatic carbocycles. The van der Waals surface area contributed by atoms with Gasteiger partial charge in [-0.2, -0.15) is 0 Å². The standard InChI is InChI=1S/C21H25ClN2O3S/c1-20(2,3)14-5-7-15(8-6-14)21(11-12-21)19(25)23-16-9-10-18(17(22)13-16)24-28(4,26)27/h5-10,13,24H,11-12H2,1-4H3,(H,23,25). The lowest BCUT2D eigenvalue weighted by molar-refractivity contribution is -0.118. The molecule has 2 aromatic rings. The summed E-state index contributed by atoms with van der Waals surface area (Å²) in [6, 6.07) is 13.0. The van der Waals surface area contributed by atoms with E-state index in [4.69, 9.17) is 11.6 Å². The van der Waals surface area contributed by atoms with Gasteiger partial charge in [-0.1, -0.05) is 56.6 Å². The molecule has 1 amide bonds. The molecule has 0 saturated heterocycles. The average Bonchev–Trinajstić information content (AvgIpc) is 3.37. The summed E-state index contributed by atoms with van der Waals surface area (Å²) in [6.45, 7) is 6.48. The summed E-state index contributed by atoms with van der Waals surface area (Å²) < 4.78 is 25.1. The van der Waals surface area contributed by atoms with E-state index in [1.165, 1.54) is 11.6 Å². The highest BCUT2D eigenvalue weighted by Gasteiger charge is 2.51. The first kappa shape index (κ1) is 20.7. The number of hydrogen-bond acceptors (Lipinski definition) is 3. The molecule has 2 aromatic carbocycles. The van der Waals surface area contributed by atoms with Crippen LogP contribution >= 0.6 is 11.6 Å². The predicted octanol–water partition coefficient (Wildman–Crippen LogP) is 4.68. The van der Waals surface area contributed by atoms with Gasteiger partial charge in [0.05, 0.1) is 22.4 Å². The molecule has 0 radical (unpaired) electrons. The Morgan fingerprint density at radius 3 is 2.14 bits per heavy atom. The van der Waals surface area contributed by atoms with Crippen LogP contribution in [0.4, 0.5) is 11.4 Å². The molecule has 28 heavy (non-hydrogen) atoms. The van der Waals surface area contributed by atoms with Crippen LogP contribution < -0.4 is 10.0 Å². The van der Waals surface area contributed by atoms with Crippen LogP contribution in [-0.4, -0.2) is 20.6 Å². The van der Waals surface area contributed by atoms with Crippen LogP contribution in [0.15, 0.2) is 42.5 Å². The summed E-state index contributed by atoms with van der Waals surface area (Å²) in [6.07, 6.45) is 2.66. The van der Waals surface area contributed by atoms with Crippen molar-refractivity contribution in [1.82, 2.24) is 0 Å². The zero-order valence-corrected chi connectivity index (χ0v) is 18.0. The minimum Gasteiger partial charge on any atom is -0.325 e. The van der Waals surface area contributed by atoms with Crippen molar-refractivity contribution in [2.75, 3.05) is 16.3 Å². The van der Waals surface area contributed by atoms with E-state index in [0.717, 1.165) is 24.7 Å². The van der Waals surface area contributed by atoms with Gasteiger partial charge < -0.3 is 5.32 Å². The van der Waals surface area contributed by atoms with E-state index in [0.29, 0.717) is 5.69 Å². The second-order valence-corrected chi connectivity index (χ2v) is 10.6. The Labute approximate surface area is 171 Å². The second-order valence-electron chi connectivity index (χ2n) is 8.43. The first-order chi connectivity index (χ1) is 12.9. The van der Waals surface area contributed by atoms with Crippen LogP contribution in [0.1, 0.15) is 44.7 Å². The van der Waals surface area contributed by atoms with Gasteiger partial charge in [0, 0.05) is 5.69 Å². The predicted molar refractivity (Wildman–Crippen MR) is 115 cm³/mol. The minimum absolute atomic E-state index is 0.0655. The quantitative estimate of drug-likeness (QED) is 0.737. The zero-order valence-electron chi connectivity index (χ0n) is 16.5. The van der Waals surface area contributed by atoms with E-state index in [1.54, 1.807) is 12.1 Å². The average molecular weight is 421 g/mol. The molecule has 0 aromatic heterocycles. The maximum atomic E-state index is 12.9. The van der Waals surface area contributed by atoms with E-state index in [9.17, 15) is 13.2 Å². The molecule has 0 unspecified atom stereocenters. The van der Waals surface area contributed by atoms with Gasteiger partial charge in [-0.15, -0.1) is 0 Å². The number of carbonyl (C=O) groups is 1. The van der Waals surface area contributed by atoms with Gasteiger partial charge in [-0.3, -0.25) is 9.52 Å². The Hall–Kier alpha value is -2.05. The topological polar surface area (TPSA) is 75.3 Å². The van der Waals surface area contributed by atoms with Crippen molar-refractivity contribution >= 4 is 38.9 Å². The Morgan fingerprint density at radius 1 is 1.07 bits per heavy atom. The smallest absolute Gasteiger partial charge is 0.235 e. The molecular formula is C21H25ClN2O3S. The molecule has 3 rings (SSSR count). The number of hydrogen-bond donors (Lipinski definition) is 2. The summed E-state index contributed by atoms with van der Waals surface area (Å²) >= 11 is 6.15. The Balaban J connectivity index is 1.77. The summed E-state index contributed by atoms with van der Waals surface area (Å²) in [5.41, 5.74) is 2.61. The monoisotopic (exact) mass is 420 g/mol. The van der Waals surface area contributed by atoms with E-state index in [1.807, 2.05) is 12.1 Å². The van der Waals surface area contributed by atoms with E-state index in [2.05, 4.69) is 42.9 Å². The van der Waals surface area contributed by atoms with E-state index < -0.39 is 15.4 Å². The van der Waals surface area contributed by atoms with Crippen LogP contribution in [0.3, 0.4) is 0 Å². The number of carbonyl (C=O) groups excluding carboxylic acids is 1. The molecule has 1 aliphatic rings. The third-order valence-corrected chi connectivity index (χ3v) is 5.91. The van der Waals surface area contributed by atoms with Crippen molar-refractivity contribution in [3.8, 4) is 0 Å². The van der Waals surface area contributed by atoms with Gasteiger partial charge in [0.15, 0.2) is 0 Å². The Kier molecular flexibility index (Phi) is 5.23. The van der Waals surface area contributed by atoms with Gasteiger partial charge in [0.1, 0.15) is 0 Å². The van der Waals surface area contributed by atoms with Crippen molar-refractivity contribution in [1.29, 1.82) is 0 Å². The highest BCUT2D eigenvalue weighted by Crippen LogP contribution is 2.49. The molecule has 7 heteroatoms. The first-order valence-corrected chi connectivity index (χ1v) is 11.4. The fraction of sp³-hybridized carbons (Fsp3) is 0.381. The molecule has 150 valence electrons. The second kappa shape index (κ2) is 7.08. The lowest BCUT2D eigenvalue weighted by Gasteiger charge is -2.21. The van der Waals surface area contributed by atoms with E-state index in [-0.39, 0.29) is 22.0 Å². The first-order valence-electron chi connectivity index (χ1n) is 9.11. The van der Waals surface area contributed by atoms with Gasteiger partial charge in [0.25, 0.3) is 0 Å². The number of anilines is 2. The number of halogens is 1. The number of amides is 1. The maximum Gasteiger partial charge on any atom is 0.235 e. The minimum atomic E-state index is -3.42. The van der Waals surface area contributed by atoms with Crippen molar-refractivity contribution < 1.29 is 13.2 Å². The lowest BCUT2D eigenvalue weighted by atomic mass is 9.85. The third-order valence-electron chi connectivity index (χ3n) is 5.01. The number of sulfonamides is 1. The Morgan fingerprint density at radius 2 is 1.68 bits per heavy atom. The molecule has 1 fully saturated rings. The molecule has 0 atom stereocenters. The van der Waals surface area contributed by atoms with Crippen LogP contribution in [0.5, 0.6) is 0 Å². The van der Waals surface area contributed by atoms with Crippen molar-refractivity contribution in [2.24, 2.45) is 0 Å². The molecule has 2 N–H and O–H groups in total. The van der Waals surface area contributed by atoms with Crippen molar-refractivity contribution in [2.45, 2.75) is 44.4 Å². The summed E-state index contributed by atoms with van der Waals surface area (Å²) in [4.78, 5) is 12.9. The lowest BCUT2D eigenvalue weighted by Crippen LogP contribution is -2.28. The van der Waals surface area contributed by atoms with Gasteiger partial charge in [-0.25, -0.2) is 8.42 Å². The van der Waals surface area contributed by atoms with Crippen molar-refractivity contribution in [3.63, 3.8) is 0 Å². The van der Waals surface area contributed by atoms with Gasteiger partial charge in [0.2, 0.25) is 15.9 Å². The molecule has 0 spiro atoms. The highest BCUT2D eigenvalue weighted by molar-refractivity contribution is 7.92. The fourth-order valence-electron chi connectivity index (χ4n) is 3.19. The van der Waals surface area contributed by atoms with Gasteiger partial charge in [-0.05, 0) is 47.6 Å². The normalized spacial score (nSPS) is 15.8. The van der Waals surface area contributed by atoms with E-state index >= 15 is 0 Å². The van der Waals surface area contributed by atoms with Crippen LogP contribution in [0, 0.1) is 0 Å². The number of benzene rings is 2. The molecule has 0 heterocycles. The molecule has 5 nitrogen and oxygen atoms in total. The summed E-state index contributed by atoms with van der Waals surface area (Å²) in [5.74, 6) is -0.0732. The fourth-order valence-corrected chi connectivity index (χ4v) is 4.05.